The zero-order chi connectivity index (χ0) is 20.4. The number of furan rings is 1. The van der Waals surface area contributed by atoms with E-state index >= 15 is 0 Å². The van der Waals surface area contributed by atoms with Crippen LogP contribution in [-0.4, -0.2) is 37.2 Å². The van der Waals surface area contributed by atoms with Gasteiger partial charge in [-0.1, -0.05) is 0 Å². The van der Waals surface area contributed by atoms with E-state index in [1.165, 1.54) is 28.6 Å². The molecule has 0 unspecified atom stereocenters. The highest BCUT2D eigenvalue weighted by Gasteiger charge is 2.15. The number of nitrogens with zero attached hydrogens (tertiary/aromatic N) is 3. The average molecular weight is 411 g/mol. The summed E-state index contributed by atoms with van der Waals surface area (Å²) in [6.45, 7) is 0. The first-order valence-electron chi connectivity index (χ1n) is 8.53. The molecule has 9 heteroatoms. The SMILES string of the molecule is COc1cc(OC)c(OC)cc1/C=N\n1cnc2scc(-c3ccco3)c2c1=O. The molecule has 3 aromatic heterocycles. The van der Waals surface area contributed by atoms with E-state index in [1.807, 2.05) is 5.38 Å². The van der Waals surface area contributed by atoms with Gasteiger partial charge >= 0.3 is 0 Å². The van der Waals surface area contributed by atoms with E-state index in [2.05, 4.69) is 10.1 Å². The summed E-state index contributed by atoms with van der Waals surface area (Å²) in [5.41, 5.74) is 1.02. The molecule has 4 rings (SSSR count). The van der Waals surface area contributed by atoms with Gasteiger partial charge in [0.15, 0.2) is 11.5 Å². The van der Waals surface area contributed by atoms with Crippen molar-refractivity contribution in [3.8, 4) is 28.6 Å². The fraction of sp³-hybridized carbons (Fsp3) is 0.150. The summed E-state index contributed by atoms with van der Waals surface area (Å²) in [7, 11) is 4.63. The minimum absolute atomic E-state index is 0.293. The summed E-state index contributed by atoms with van der Waals surface area (Å²) in [5.74, 6) is 2.19. The Morgan fingerprint density at radius 2 is 1.90 bits per heavy atom. The van der Waals surface area contributed by atoms with E-state index in [9.17, 15) is 4.79 Å². The lowest BCUT2D eigenvalue weighted by Gasteiger charge is -2.11. The van der Waals surface area contributed by atoms with Crippen molar-refractivity contribution < 1.29 is 18.6 Å². The first kappa shape index (κ1) is 18.8. The number of aromatic nitrogens is 2. The molecule has 0 aliphatic heterocycles. The van der Waals surface area contributed by atoms with E-state index < -0.39 is 0 Å². The van der Waals surface area contributed by atoms with Gasteiger partial charge in [-0.25, -0.2) is 4.98 Å². The van der Waals surface area contributed by atoms with Crippen LogP contribution in [-0.2, 0) is 0 Å². The third kappa shape index (κ3) is 3.36. The summed E-state index contributed by atoms with van der Waals surface area (Å²) in [6.07, 6.45) is 4.46. The van der Waals surface area contributed by atoms with Crippen molar-refractivity contribution in [2.75, 3.05) is 21.3 Å². The molecule has 0 N–H and O–H groups in total. The Morgan fingerprint density at radius 1 is 1.14 bits per heavy atom. The molecule has 1 aromatic carbocycles. The van der Waals surface area contributed by atoms with E-state index in [-0.39, 0.29) is 5.56 Å². The highest BCUT2D eigenvalue weighted by molar-refractivity contribution is 7.17. The highest BCUT2D eigenvalue weighted by atomic mass is 32.1. The maximum atomic E-state index is 13.0. The Balaban J connectivity index is 1.79. The minimum Gasteiger partial charge on any atom is -0.496 e. The van der Waals surface area contributed by atoms with Crippen molar-refractivity contribution in [2.45, 2.75) is 0 Å². The summed E-state index contributed by atoms with van der Waals surface area (Å²) >= 11 is 1.38. The van der Waals surface area contributed by atoms with Crippen LogP contribution in [0.2, 0.25) is 0 Å². The first-order chi connectivity index (χ1) is 14.2. The molecule has 0 aliphatic rings. The molecule has 0 amide bonds. The van der Waals surface area contributed by atoms with Crippen LogP contribution in [0.3, 0.4) is 0 Å². The molecule has 0 radical (unpaired) electrons. The Labute approximate surface area is 169 Å². The van der Waals surface area contributed by atoms with Crippen LogP contribution in [0.5, 0.6) is 17.2 Å². The Hall–Kier alpha value is -3.59. The quantitative estimate of drug-likeness (QED) is 0.450. The van der Waals surface area contributed by atoms with E-state index in [0.29, 0.717) is 44.4 Å². The number of thiophene rings is 1. The van der Waals surface area contributed by atoms with Gasteiger partial charge in [-0.05, 0) is 18.2 Å². The molecule has 0 atom stereocenters. The topological polar surface area (TPSA) is 88.1 Å². The average Bonchev–Trinajstić information content (AvgIpc) is 3.42. The third-order valence-electron chi connectivity index (χ3n) is 4.32. The van der Waals surface area contributed by atoms with Crippen LogP contribution in [0.4, 0.5) is 0 Å². The van der Waals surface area contributed by atoms with Gasteiger partial charge < -0.3 is 18.6 Å². The second-order valence-corrected chi connectivity index (χ2v) is 6.75. The second-order valence-electron chi connectivity index (χ2n) is 5.89. The molecule has 0 saturated carbocycles. The van der Waals surface area contributed by atoms with Gasteiger partial charge in [-0.3, -0.25) is 4.79 Å². The molecule has 0 spiro atoms. The van der Waals surface area contributed by atoms with Crippen molar-refractivity contribution >= 4 is 27.8 Å². The number of rotatable bonds is 6. The zero-order valence-corrected chi connectivity index (χ0v) is 16.7. The summed E-state index contributed by atoms with van der Waals surface area (Å²) in [5, 5.41) is 6.59. The first-order valence-corrected chi connectivity index (χ1v) is 9.41. The number of hydrogen-bond acceptors (Lipinski definition) is 8. The normalized spacial score (nSPS) is 11.3. The molecular weight excluding hydrogens is 394 g/mol. The fourth-order valence-electron chi connectivity index (χ4n) is 2.90. The molecule has 4 aromatic rings. The lowest BCUT2D eigenvalue weighted by Crippen LogP contribution is -2.16. The second kappa shape index (κ2) is 7.80. The standard InChI is InChI=1S/C20H17N3O5S/c1-25-15-8-17(27-3)16(26-2)7-12(15)9-22-23-11-21-19-18(20(23)24)13(10-29-19)14-5-4-6-28-14/h4-11H,1-3H3/b22-9-. The Kier molecular flexibility index (Phi) is 5.05. The molecule has 3 heterocycles. The van der Waals surface area contributed by atoms with Gasteiger partial charge in [0, 0.05) is 22.6 Å². The van der Waals surface area contributed by atoms with Crippen molar-refractivity contribution in [1.82, 2.24) is 9.66 Å². The molecule has 148 valence electrons. The maximum absolute atomic E-state index is 13.0. The number of methoxy groups -OCH3 is 3. The van der Waals surface area contributed by atoms with Crippen molar-refractivity contribution in [3.05, 3.63) is 58.2 Å². The monoisotopic (exact) mass is 411 g/mol. The predicted octanol–water partition coefficient (Wildman–Crippen LogP) is 3.63. The number of hydrogen-bond donors (Lipinski definition) is 0. The van der Waals surface area contributed by atoms with Gasteiger partial charge in [0.2, 0.25) is 0 Å². The smallest absolute Gasteiger partial charge is 0.283 e. The summed E-state index contributed by atoms with van der Waals surface area (Å²) in [6, 6.07) is 6.99. The van der Waals surface area contributed by atoms with Gasteiger partial charge in [-0.15, -0.1) is 11.3 Å². The van der Waals surface area contributed by atoms with Crippen LogP contribution in [0.1, 0.15) is 5.56 Å². The lowest BCUT2D eigenvalue weighted by molar-refractivity contribution is 0.349. The van der Waals surface area contributed by atoms with Gasteiger partial charge in [0.25, 0.3) is 5.56 Å². The number of ether oxygens (including phenoxy) is 3. The van der Waals surface area contributed by atoms with Gasteiger partial charge in [-0.2, -0.15) is 9.78 Å². The van der Waals surface area contributed by atoms with E-state index in [1.54, 1.807) is 51.9 Å². The lowest BCUT2D eigenvalue weighted by atomic mass is 10.2. The molecule has 0 bridgehead atoms. The van der Waals surface area contributed by atoms with Crippen molar-refractivity contribution in [3.63, 3.8) is 0 Å². The van der Waals surface area contributed by atoms with Gasteiger partial charge in [0.05, 0.1) is 39.2 Å². The van der Waals surface area contributed by atoms with E-state index in [0.717, 1.165) is 0 Å². The van der Waals surface area contributed by atoms with Crippen LogP contribution in [0.25, 0.3) is 21.5 Å². The maximum Gasteiger partial charge on any atom is 0.283 e. The number of fused-ring (bicyclic) bond motifs is 1. The number of benzene rings is 1. The summed E-state index contributed by atoms with van der Waals surface area (Å²) < 4.78 is 22.6. The fourth-order valence-corrected chi connectivity index (χ4v) is 3.78. The molecule has 29 heavy (non-hydrogen) atoms. The van der Waals surface area contributed by atoms with Crippen LogP contribution < -0.4 is 19.8 Å². The third-order valence-corrected chi connectivity index (χ3v) is 5.21. The van der Waals surface area contributed by atoms with Crippen LogP contribution >= 0.6 is 11.3 Å². The zero-order valence-electron chi connectivity index (χ0n) is 15.9. The molecule has 8 nitrogen and oxygen atoms in total. The Morgan fingerprint density at radius 3 is 2.59 bits per heavy atom. The van der Waals surface area contributed by atoms with Crippen molar-refractivity contribution in [1.29, 1.82) is 0 Å². The molecular formula is C20H17N3O5S. The molecule has 0 saturated heterocycles. The molecule has 0 fully saturated rings. The predicted molar refractivity (Wildman–Crippen MR) is 111 cm³/mol. The van der Waals surface area contributed by atoms with Crippen LogP contribution in [0.15, 0.2) is 56.5 Å². The molecule has 0 aliphatic carbocycles. The highest BCUT2D eigenvalue weighted by Crippen LogP contribution is 2.34. The summed E-state index contributed by atoms with van der Waals surface area (Å²) in [4.78, 5) is 18.0. The largest absolute Gasteiger partial charge is 0.496 e. The van der Waals surface area contributed by atoms with Gasteiger partial charge in [0.1, 0.15) is 22.7 Å². The minimum atomic E-state index is -0.293. The Bertz CT molecular complexity index is 1240. The van der Waals surface area contributed by atoms with E-state index in [4.69, 9.17) is 18.6 Å². The van der Waals surface area contributed by atoms with Crippen molar-refractivity contribution in [2.24, 2.45) is 5.10 Å². The van der Waals surface area contributed by atoms with Crippen LogP contribution in [0, 0.1) is 0 Å².